The lowest BCUT2D eigenvalue weighted by Crippen LogP contribution is -2.48. The summed E-state index contributed by atoms with van der Waals surface area (Å²) in [5.74, 6) is -1.21. The number of nitrogens with zero attached hydrogens (tertiary/aromatic N) is 3. The Bertz CT molecular complexity index is 793. The van der Waals surface area contributed by atoms with Gasteiger partial charge in [-0.3, -0.25) is 9.88 Å². The lowest BCUT2D eigenvalue weighted by atomic mass is 10.0. The molecule has 156 valence electrons. The molecule has 2 atom stereocenters. The molecule has 0 radical (unpaired) electrons. The molecule has 8 heteroatoms. The Morgan fingerprint density at radius 1 is 1.10 bits per heavy atom. The molecule has 2 aliphatic heterocycles. The minimum atomic E-state index is -0.847. The van der Waals surface area contributed by atoms with E-state index < -0.39 is 24.4 Å². The minimum Gasteiger partial charge on any atom is -0.462 e. The lowest BCUT2D eigenvalue weighted by molar-refractivity contribution is -0.165. The van der Waals surface area contributed by atoms with Crippen molar-refractivity contribution >= 4 is 11.9 Å². The molecule has 8 nitrogen and oxygen atoms in total. The maximum Gasteiger partial charge on any atom is 0.355 e. The van der Waals surface area contributed by atoms with Crippen LogP contribution in [0.5, 0.6) is 0 Å². The van der Waals surface area contributed by atoms with Crippen molar-refractivity contribution in [1.82, 2.24) is 14.8 Å². The third kappa shape index (κ3) is 4.27. The van der Waals surface area contributed by atoms with Gasteiger partial charge in [-0.25, -0.2) is 9.59 Å². The van der Waals surface area contributed by atoms with Crippen molar-refractivity contribution in [2.75, 3.05) is 19.8 Å². The molecule has 0 saturated carbocycles. The van der Waals surface area contributed by atoms with Crippen LogP contribution in [-0.4, -0.2) is 52.8 Å². The summed E-state index contributed by atoms with van der Waals surface area (Å²) in [4.78, 5) is 33.8. The van der Waals surface area contributed by atoms with Crippen molar-refractivity contribution in [2.24, 2.45) is 0 Å². The number of ether oxygens (including phenoxy) is 3. The first-order chi connectivity index (χ1) is 14.1. The Kier molecular flexibility index (Phi) is 6.87. The molecule has 1 aromatic rings. The van der Waals surface area contributed by atoms with Crippen LogP contribution < -0.4 is 0 Å². The van der Waals surface area contributed by atoms with Crippen LogP contribution in [0.1, 0.15) is 45.4 Å². The van der Waals surface area contributed by atoms with Crippen molar-refractivity contribution in [3.63, 3.8) is 0 Å². The van der Waals surface area contributed by atoms with E-state index in [1.165, 1.54) is 0 Å². The molecule has 0 spiro atoms. The molecule has 0 amide bonds. The number of pyridine rings is 1. The molecular weight excluding hydrogens is 374 g/mol. The van der Waals surface area contributed by atoms with Crippen LogP contribution in [-0.2, 0) is 23.8 Å². The van der Waals surface area contributed by atoms with E-state index >= 15 is 0 Å². The summed E-state index contributed by atoms with van der Waals surface area (Å²) in [6.45, 7) is 6.67. The zero-order valence-electron chi connectivity index (χ0n) is 17.0. The third-order valence-corrected chi connectivity index (χ3v) is 4.66. The largest absolute Gasteiger partial charge is 0.462 e. The monoisotopic (exact) mass is 401 g/mol. The van der Waals surface area contributed by atoms with Gasteiger partial charge in [0.25, 0.3) is 0 Å². The summed E-state index contributed by atoms with van der Waals surface area (Å²) in [6.07, 6.45) is 5.81. The van der Waals surface area contributed by atoms with Crippen molar-refractivity contribution in [3.8, 4) is 0 Å². The first kappa shape index (κ1) is 20.9. The summed E-state index contributed by atoms with van der Waals surface area (Å²) in [7, 11) is 0. The second kappa shape index (κ2) is 9.56. The number of hydrogen-bond donors (Lipinski definition) is 0. The molecule has 0 aliphatic carbocycles. The van der Waals surface area contributed by atoms with Crippen molar-refractivity contribution in [1.29, 1.82) is 0 Å². The second-order valence-electron chi connectivity index (χ2n) is 6.60. The SMILES string of the molecule is CCCCN1C=CN2C(C(=O)OCC)=C(C(=O)OCC)[C@H](c3ccccn3)O[C@H]12. The quantitative estimate of drug-likeness (QED) is 0.615. The highest BCUT2D eigenvalue weighted by Crippen LogP contribution is 2.40. The normalized spacial score (nSPS) is 20.7. The van der Waals surface area contributed by atoms with Crippen LogP contribution in [0, 0.1) is 0 Å². The highest BCUT2D eigenvalue weighted by Gasteiger charge is 2.46. The minimum absolute atomic E-state index is 0.0993. The van der Waals surface area contributed by atoms with E-state index in [9.17, 15) is 9.59 Å². The molecule has 0 N–H and O–H groups in total. The van der Waals surface area contributed by atoms with Gasteiger partial charge in [0.1, 0.15) is 17.4 Å². The predicted octanol–water partition coefficient (Wildman–Crippen LogP) is 2.71. The van der Waals surface area contributed by atoms with Gasteiger partial charge in [0.2, 0.25) is 6.35 Å². The third-order valence-electron chi connectivity index (χ3n) is 4.66. The van der Waals surface area contributed by atoms with Gasteiger partial charge in [-0.2, -0.15) is 0 Å². The van der Waals surface area contributed by atoms with E-state index in [1.807, 2.05) is 17.2 Å². The molecule has 2 aliphatic rings. The van der Waals surface area contributed by atoms with Gasteiger partial charge < -0.3 is 19.1 Å². The van der Waals surface area contributed by atoms with Crippen LogP contribution in [0.2, 0.25) is 0 Å². The number of esters is 2. The van der Waals surface area contributed by atoms with Gasteiger partial charge >= 0.3 is 11.9 Å². The summed E-state index contributed by atoms with van der Waals surface area (Å²) >= 11 is 0. The molecule has 3 heterocycles. The number of aromatic nitrogens is 1. The van der Waals surface area contributed by atoms with Gasteiger partial charge in [-0.15, -0.1) is 0 Å². The average Bonchev–Trinajstić information content (AvgIpc) is 3.14. The molecule has 0 fully saturated rings. The second-order valence-corrected chi connectivity index (χ2v) is 6.60. The molecule has 29 heavy (non-hydrogen) atoms. The van der Waals surface area contributed by atoms with E-state index in [0.29, 0.717) is 5.69 Å². The maximum absolute atomic E-state index is 12.9. The Hall–Kier alpha value is -2.87. The molecule has 0 bridgehead atoms. The summed E-state index contributed by atoms with van der Waals surface area (Å²) < 4.78 is 16.8. The highest BCUT2D eigenvalue weighted by molar-refractivity contribution is 6.01. The van der Waals surface area contributed by atoms with Crippen molar-refractivity contribution in [3.05, 3.63) is 53.8 Å². The number of rotatable bonds is 8. The van der Waals surface area contributed by atoms with Gasteiger partial charge in [-0.1, -0.05) is 19.4 Å². The zero-order valence-corrected chi connectivity index (χ0v) is 17.0. The smallest absolute Gasteiger partial charge is 0.355 e. The Morgan fingerprint density at radius 2 is 1.86 bits per heavy atom. The lowest BCUT2D eigenvalue weighted by Gasteiger charge is -2.40. The number of unbranched alkanes of at least 4 members (excludes halogenated alkanes) is 1. The fraction of sp³-hybridized carbons (Fsp3) is 0.476. The van der Waals surface area contributed by atoms with Crippen LogP contribution in [0.3, 0.4) is 0 Å². The molecule has 0 unspecified atom stereocenters. The van der Waals surface area contributed by atoms with Gasteiger partial charge in [-0.05, 0) is 32.4 Å². The fourth-order valence-corrected chi connectivity index (χ4v) is 3.35. The summed E-state index contributed by atoms with van der Waals surface area (Å²) in [5, 5.41) is 0. The van der Waals surface area contributed by atoms with E-state index in [2.05, 4.69) is 11.9 Å². The fourth-order valence-electron chi connectivity index (χ4n) is 3.35. The average molecular weight is 401 g/mol. The number of hydrogen-bond acceptors (Lipinski definition) is 8. The predicted molar refractivity (Wildman–Crippen MR) is 105 cm³/mol. The van der Waals surface area contributed by atoms with Crippen LogP contribution in [0.25, 0.3) is 0 Å². The van der Waals surface area contributed by atoms with Gasteiger partial charge in [0.15, 0.2) is 0 Å². The molecule has 0 saturated heterocycles. The first-order valence-electron chi connectivity index (χ1n) is 9.99. The summed E-state index contributed by atoms with van der Waals surface area (Å²) in [6, 6.07) is 5.36. The molecule has 3 rings (SSSR count). The standard InChI is InChI=1S/C21H27N3O5/c1-4-7-12-23-13-14-24-17(20(26)28-6-3)16(19(25)27-5-2)18(29-21(23)24)15-10-8-9-11-22-15/h8-11,13-14,18,21H,4-7,12H2,1-3H3/t18-,21+/m0/s1. The summed E-state index contributed by atoms with van der Waals surface area (Å²) in [5.41, 5.74) is 0.758. The van der Waals surface area contributed by atoms with Crippen molar-refractivity contribution in [2.45, 2.75) is 46.1 Å². The van der Waals surface area contributed by atoms with E-state index in [1.54, 1.807) is 43.3 Å². The maximum atomic E-state index is 12.9. The van der Waals surface area contributed by atoms with E-state index in [0.717, 1.165) is 19.4 Å². The number of carbonyl (C=O) groups is 2. The first-order valence-corrected chi connectivity index (χ1v) is 9.99. The molecule has 1 aromatic heterocycles. The highest BCUT2D eigenvalue weighted by atomic mass is 16.6. The van der Waals surface area contributed by atoms with Gasteiger partial charge in [0, 0.05) is 25.1 Å². The van der Waals surface area contributed by atoms with Crippen molar-refractivity contribution < 1.29 is 23.8 Å². The van der Waals surface area contributed by atoms with Gasteiger partial charge in [0.05, 0.1) is 18.9 Å². The zero-order chi connectivity index (χ0) is 20.8. The van der Waals surface area contributed by atoms with Crippen LogP contribution in [0.15, 0.2) is 48.1 Å². The molecule has 0 aromatic carbocycles. The van der Waals surface area contributed by atoms with Crippen LogP contribution in [0.4, 0.5) is 0 Å². The van der Waals surface area contributed by atoms with E-state index in [-0.39, 0.29) is 24.5 Å². The van der Waals surface area contributed by atoms with Crippen LogP contribution >= 0.6 is 0 Å². The number of carbonyl (C=O) groups excluding carboxylic acids is 2. The number of fused-ring (bicyclic) bond motifs is 1. The Morgan fingerprint density at radius 3 is 2.52 bits per heavy atom. The Balaban J connectivity index is 2.10. The van der Waals surface area contributed by atoms with E-state index in [4.69, 9.17) is 14.2 Å². The Labute approximate surface area is 170 Å². The topological polar surface area (TPSA) is 81.2 Å². The molecular formula is C21H27N3O5.